The SMILES string of the molecule is C=C(C)/C(=C/C(=O)NCc1c(C)ccc(OC)c1C)C(C)=N. The average molecular weight is 300 g/mol. The Bertz CT molecular complexity index is 627. The minimum atomic E-state index is -0.230. The number of aryl methyl sites for hydroxylation is 1. The highest BCUT2D eigenvalue weighted by atomic mass is 16.5. The first kappa shape index (κ1) is 17.7. The lowest BCUT2D eigenvalue weighted by molar-refractivity contribution is -0.116. The van der Waals surface area contributed by atoms with Crippen LogP contribution in [0.3, 0.4) is 0 Å². The molecule has 0 bridgehead atoms. The van der Waals surface area contributed by atoms with Gasteiger partial charge in [0.15, 0.2) is 0 Å². The fraction of sp³-hybridized carbons (Fsp3) is 0.333. The van der Waals surface area contributed by atoms with Crippen molar-refractivity contribution in [1.29, 1.82) is 5.41 Å². The third-order valence-electron chi connectivity index (χ3n) is 3.58. The fourth-order valence-electron chi connectivity index (χ4n) is 2.27. The smallest absolute Gasteiger partial charge is 0.244 e. The Balaban J connectivity index is 2.91. The number of hydrogen-bond acceptors (Lipinski definition) is 3. The molecule has 0 radical (unpaired) electrons. The van der Waals surface area contributed by atoms with Crippen molar-refractivity contribution in [3.8, 4) is 5.75 Å². The van der Waals surface area contributed by atoms with Gasteiger partial charge in [-0.05, 0) is 56.0 Å². The summed E-state index contributed by atoms with van der Waals surface area (Å²) in [6, 6.07) is 3.90. The number of carbonyl (C=O) groups is 1. The van der Waals surface area contributed by atoms with E-state index < -0.39 is 0 Å². The lowest BCUT2D eigenvalue weighted by Crippen LogP contribution is -2.22. The van der Waals surface area contributed by atoms with Crippen LogP contribution < -0.4 is 10.1 Å². The van der Waals surface area contributed by atoms with E-state index in [0.29, 0.717) is 23.4 Å². The van der Waals surface area contributed by atoms with Crippen LogP contribution in [0.4, 0.5) is 0 Å². The van der Waals surface area contributed by atoms with E-state index in [1.807, 2.05) is 26.0 Å². The van der Waals surface area contributed by atoms with Crippen LogP contribution in [0.5, 0.6) is 5.75 Å². The topological polar surface area (TPSA) is 62.2 Å². The maximum Gasteiger partial charge on any atom is 0.244 e. The van der Waals surface area contributed by atoms with Crippen LogP contribution in [-0.4, -0.2) is 18.7 Å². The van der Waals surface area contributed by atoms with Crippen molar-refractivity contribution in [3.63, 3.8) is 0 Å². The van der Waals surface area contributed by atoms with Crippen molar-refractivity contribution >= 4 is 11.6 Å². The van der Waals surface area contributed by atoms with Crippen LogP contribution in [-0.2, 0) is 11.3 Å². The molecule has 4 nitrogen and oxygen atoms in total. The van der Waals surface area contributed by atoms with E-state index in [0.717, 1.165) is 22.4 Å². The Hall–Kier alpha value is -2.36. The molecular weight excluding hydrogens is 276 g/mol. The predicted molar refractivity (Wildman–Crippen MR) is 90.6 cm³/mol. The van der Waals surface area contributed by atoms with Gasteiger partial charge in [0.1, 0.15) is 5.75 Å². The zero-order chi connectivity index (χ0) is 16.9. The molecule has 0 aliphatic heterocycles. The summed E-state index contributed by atoms with van der Waals surface area (Å²) in [6.45, 7) is 11.6. The second-order valence-electron chi connectivity index (χ2n) is 5.37. The molecule has 1 amide bonds. The van der Waals surface area contributed by atoms with Gasteiger partial charge in [0.2, 0.25) is 5.91 Å². The molecule has 1 rings (SSSR count). The highest BCUT2D eigenvalue weighted by molar-refractivity contribution is 6.05. The third kappa shape index (κ3) is 4.32. The van der Waals surface area contributed by atoms with Gasteiger partial charge in [0, 0.05) is 23.9 Å². The van der Waals surface area contributed by atoms with Crippen LogP contribution in [0.2, 0.25) is 0 Å². The van der Waals surface area contributed by atoms with Gasteiger partial charge in [-0.25, -0.2) is 0 Å². The molecular formula is C18H24N2O2. The van der Waals surface area contributed by atoms with E-state index in [9.17, 15) is 4.79 Å². The highest BCUT2D eigenvalue weighted by Gasteiger charge is 2.10. The normalized spacial score (nSPS) is 11.0. The summed E-state index contributed by atoms with van der Waals surface area (Å²) >= 11 is 0. The third-order valence-corrected chi connectivity index (χ3v) is 3.58. The zero-order valence-electron chi connectivity index (χ0n) is 14.0. The van der Waals surface area contributed by atoms with Crippen molar-refractivity contribution < 1.29 is 9.53 Å². The molecule has 0 fully saturated rings. The summed E-state index contributed by atoms with van der Waals surface area (Å²) in [7, 11) is 1.63. The largest absolute Gasteiger partial charge is 0.496 e. The summed E-state index contributed by atoms with van der Waals surface area (Å²) in [5, 5.41) is 10.5. The first-order chi connectivity index (χ1) is 10.3. The van der Waals surface area contributed by atoms with Crippen LogP contribution in [0.1, 0.15) is 30.5 Å². The van der Waals surface area contributed by atoms with E-state index in [2.05, 4.69) is 11.9 Å². The van der Waals surface area contributed by atoms with Gasteiger partial charge in [-0.1, -0.05) is 12.6 Å². The number of benzene rings is 1. The van der Waals surface area contributed by atoms with Crippen molar-refractivity contribution in [1.82, 2.24) is 5.32 Å². The number of carbonyl (C=O) groups excluding carboxylic acids is 1. The maximum absolute atomic E-state index is 12.1. The van der Waals surface area contributed by atoms with E-state index in [-0.39, 0.29) is 5.91 Å². The maximum atomic E-state index is 12.1. The minimum absolute atomic E-state index is 0.230. The van der Waals surface area contributed by atoms with Crippen molar-refractivity contribution in [2.75, 3.05) is 7.11 Å². The predicted octanol–water partition coefficient (Wildman–Crippen LogP) is 3.47. The van der Waals surface area contributed by atoms with Gasteiger partial charge in [-0.2, -0.15) is 0 Å². The van der Waals surface area contributed by atoms with E-state index >= 15 is 0 Å². The molecule has 0 atom stereocenters. The summed E-state index contributed by atoms with van der Waals surface area (Å²) in [5.41, 5.74) is 4.77. The molecule has 1 aromatic rings. The molecule has 0 aromatic heterocycles. The molecule has 0 aliphatic carbocycles. The number of amides is 1. The Morgan fingerprint density at radius 2 is 2.00 bits per heavy atom. The number of ether oxygens (including phenoxy) is 1. The van der Waals surface area contributed by atoms with Crippen LogP contribution in [0.15, 0.2) is 35.9 Å². The quantitative estimate of drug-likeness (QED) is 0.480. The molecule has 0 aliphatic rings. The molecule has 118 valence electrons. The van der Waals surface area contributed by atoms with Gasteiger partial charge >= 0.3 is 0 Å². The Morgan fingerprint density at radius 1 is 1.36 bits per heavy atom. The molecule has 0 unspecified atom stereocenters. The van der Waals surface area contributed by atoms with Gasteiger partial charge in [-0.3, -0.25) is 4.79 Å². The van der Waals surface area contributed by atoms with Crippen molar-refractivity contribution in [2.45, 2.75) is 34.2 Å². The lowest BCUT2D eigenvalue weighted by atomic mass is 10.0. The van der Waals surface area contributed by atoms with E-state index in [4.69, 9.17) is 10.1 Å². The second kappa shape index (κ2) is 7.59. The average Bonchev–Trinajstić information content (AvgIpc) is 2.44. The van der Waals surface area contributed by atoms with Crippen LogP contribution >= 0.6 is 0 Å². The minimum Gasteiger partial charge on any atom is -0.496 e. The van der Waals surface area contributed by atoms with Gasteiger partial charge in [0.25, 0.3) is 0 Å². The molecule has 0 saturated heterocycles. The van der Waals surface area contributed by atoms with Crippen LogP contribution in [0.25, 0.3) is 0 Å². The number of nitrogens with one attached hydrogen (secondary N) is 2. The number of rotatable bonds is 6. The standard InChI is InChI=1S/C18H24N2O2/c1-11(2)15(14(5)19)9-18(21)20-10-16-12(3)7-8-17(22-6)13(16)4/h7-9,19H,1,10H2,2-6H3,(H,20,21)/b15-9-,19-14?. The van der Waals surface area contributed by atoms with Gasteiger partial charge < -0.3 is 15.5 Å². The van der Waals surface area contributed by atoms with Crippen LogP contribution in [0, 0.1) is 19.3 Å². The Labute approximate surface area is 132 Å². The molecule has 0 spiro atoms. The number of methoxy groups -OCH3 is 1. The zero-order valence-corrected chi connectivity index (χ0v) is 14.0. The molecule has 0 saturated carbocycles. The molecule has 22 heavy (non-hydrogen) atoms. The molecule has 2 N–H and O–H groups in total. The summed E-state index contributed by atoms with van der Waals surface area (Å²) in [5.74, 6) is 0.578. The molecule has 4 heteroatoms. The summed E-state index contributed by atoms with van der Waals surface area (Å²) in [6.07, 6.45) is 1.43. The van der Waals surface area contributed by atoms with Gasteiger partial charge in [0.05, 0.1) is 7.11 Å². The number of allylic oxidation sites excluding steroid dienone is 2. The first-order valence-electron chi connectivity index (χ1n) is 7.12. The number of hydrogen-bond donors (Lipinski definition) is 2. The van der Waals surface area contributed by atoms with Gasteiger partial charge in [-0.15, -0.1) is 0 Å². The van der Waals surface area contributed by atoms with E-state index in [1.54, 1.807) is 21.0 Å². The van der Waals surface area contributed by atoms with E-state index in [1.165, 1.54) is 6.08 Å². The lowest BCUT2D eigenvalue weighted by Gasteiger charge is -2.14. The fourth-order valence-corrected chi connectivity index (χ4v) is 2.27. The first-order valence-corrected chi connectivity index (χ1v) is 7.12. The Morgan fingerprint density at radius 3 is 2.50 bits per heavy atom. The van der Waals surface area contributed by atoms with Crippen molar-refractivity contribution in [2.24, 2.45) is 0 Å². The second-order valence-corrected chi connectivity index (χ2v) is 5.37. The Kier molecular flexibility index (Phi) is 6.11. The monoisotopic (exact) mass is 300 g/mol. The highest BCUT2D eigenvalue weighted by Crippen LogP contribution is 2.24. The summed E-state index contributed by atoms with van der Waals surface area (Å²) in [4.78, 5) is 12.1. The van der Waals surface area contributed by atoms with Crippen molar-refractivity contribution in [3.05, 3.63) is 52.6 Å². The summed E-state index contributed by atoms with van der Waals surface area (Å²) < 4.78 is 5.31. The molecule has 1 aromatic carbocycles. The molecule has 0 heterocycles.